The minimum absolute atomic E-state index is 0.00419. The van der Waals surface area contributed by atoms with E-state index in [1.165, 1.54) is 12.3 Å². The van der Waals surface area contributed by atoms with Crippen LogP contribution in [-0.2, 0) is 13.2 Å². The molecule has 0 unspecified atom stereocenters. The van der Waals surface area contributed by atoms with E-state index in [0.717, 1.165) is 11.6 Å². The van der Waals surface area contributed by atoms with Gasteiger partial charge in [0.05, 0.1) is 24.0 Å². The fraction of sp³-hybridized carbons (Fsp3) is 0.136. The van der Waals surface area contributed by atoms with Crippen LogP contribution in [0.1, 0.15) is 27.4 Å². The lowest BCUT2D eigenvalue weighted by molar-refractivity contribution is 0.101. The number of halogens is 3. The second-order valence-corrected chi connectivity index (χ2v) is 7.37. The number of hydrogen-bond donors (Lipinski definition) is 1. The Morgan fingerprint density at radius 3 is 2.75 bits per heavy atom. The second kappa shape index (κ2) is 9.19. The molecule has 2 aromatic carbocycles. The predicted octanol–water partition coefficient (Wildman–Crippen LogP) is 4.99. The molecule has 2 heterocycles. The Morgan fingerprint density at radius 1 is 1.22 bits per heavy atom. The molecule has 2 aromatic heterocycles. The van der Waals surface area contributed by atoms with Gasteiger partial charge < -0.3 is 14.6 Å². The van der Waals surface area contributed by atoms with Gasteiger partial charge in [0.25, 0.3) is 5.91 Å². The van der Waals surface area contributed by atoms with E-state index < -0.39 is 17.5 Å². The molecular weight excluding hydrogens is 442 g/mol. The molecule has 0 aliphatic rings. The molecule has 0 aliphatic carbocycles. The molecule has 4 aromatic rings. The van der Waals surface area contributed by atoms with Crippen LogP contribution in [0.4, 0.5) is 14.5 Å². The molecule has 164 valence electrons. The van der Waals surface area contributed by atoms with Crippen molar-refractivity contribution in [1.82, 2.24) is 14.9 Å². The molecule has 10 heteroatoms. The van der Waals surface area contributed by atoms with Gasteiger partial charge in [-0.3, -0.25) is 9.48 Å². The maximum atomic E-state index is 13.8. The zero-order valence-electron chi connectivity index (χ0n) is 16.8. The Bertz CT molecular complexity index is 1250. The van der Waals surface area contributed by atoms with E-state index in [2.05, 4.69) is 15.6 Å². The fourth-order valence-corrected chi connectivity index (χ4v) is 3.09. The lowest BCUT2D eigenvalue weighted by Crippen LogP contribution is -2.15. The summed E-state index contributed by atoms with van der Waals surface area (Å²) in [4.78, 5) is 12.7. The van der Waals surface area contributed by atoms with Crippen molar-refractivity contribution in [3.63, 3.8) is 0 Å². The number of benzene rings is 2. The summed E-state index contributed by atoms with van der Waals surface area (Å²) in [6, 6.07) is 10.3. The summed E-state index contributed by atoms with van der Waals surface area (Å²) in [5.41, 5.74) is 1.80. The molecule has 32 heavy (non-hydrogen) atoms. The van der Waals surface area contributed by atoms with Gasteiger partial charge in [-0.2, -0.15) is 5.10 Å². The lowest BCUT2D eigenvalue weighted by Gasteiger charge is -2.07. The summed E-state index contributed by atoms with van der Waals surface area (Å²) in [6.45, 7) is 1.92. The summed E-state index contributed by atoms with van der Waals surface area (Å²) >= 11 is 5.89. The van der Waals surface area contributed by atoms with Gasteiger partial charge in [-0.1, -0.05) is 28.9 Å². The Balaban J connectivity index is 1.43. The molecule has 4 rings (SSSR count). The average molecular weight is 459 g/mol. The summed E-state index contributed by atoms with van der Waals surface area (Å²) in [6.07, 6.45) is 3.17. The van der Waals surface area contributed by atoms with Crippen molar-refractivity contribution in [2.45, 2.75) is 20.1 Å². The van der Waals surface area contributed by atoms with Gasteiger partial charge in [0, 0.05) is 17.3 Å². The summed E-state index contributed by atoms with van der Waals surface area (Å²) < 4.78 is 39.0. The quantitative estimate of drug-likeness (QED) is 0.422. The number of aryl methyl sites for hydroxylation is 1. The highest BCUT2D eigenvalue weighted by molar-refractivity contribution is 6.30. The van der Waals surface area contributed by atoms with Crippen LogP contribution >= 0.6 is 11.6 Å². The third-order valence-corrected chi connectivity index (χ3v) is 4.87. The van der Waals surface area contributed by atoms with Crippen molar-refractivity contribution >= 4 is 23.2 Å². The first-order valence-corrected chi connectivity index (χ1v) is 9.88. The normalized spacial score (nSPS) is 10.9. The number of anilines is 1. The molecule has 0 saturated carbocycles. The van der Waals surface area contributed by atoms with Crippen LogP contribution in [0, 0.1) is 18.6 Å². The predicted molar refractivity (Wildman–Crippen MR) is 113 cm³/mol. The largest absolute Gasteiger partial charge is 0.486 e. The van der Waals surface area contributed by atoms with E-state index in [-0.39, 0.29) is 18.1 Å². The Kier molecular flexibility index (Phi) is 6.18. The van der Waals surface area contributed by atoms with E-state index in [4.69, 9.17) is 20.9 Å². The standard InChI is InChI=1S/C22H17ClF2N4O3/c1-13-18(12-31-20-7-6-16(24)8-19(20)25)21(28-32-13)22(30)27-17-9-26-29(11-17)10-14-2-4-15(23)5-3-14/h2-9,11H,10,12H2,1H3,(H,27,30). The van der Waals surface area contributed by atoms with Gasteiger partial charge >= 0.3 is 0 Å². The van der Waals surface area contributed by atoms with Crippen molar-refractivity contribution in [2.75, 3.05) is 5.32 Å². The van der Waals surface area contributed by atoms with Crippen LogP contribution in [0.2, 0.25) is 5.02 Å². The molecule has 0 radical (unpaired) electrons. The van der Waals surface area contributed by atoms with E-state index in [1.54, 1.807) is 29.9 Å². The number of ether oxygens (including phenoxy) is 1. The number of carbonyl (C=O) groups excluding carboxylic acids is 1. The first kappa shape index (κ1) is 21.5. The SMILES string of the molecule is Cc1onc(C(=O)Nc2cnn(Cc3ccc(Cl)cc3)c2)c1COc1ccc(F)cc1F. The smallest absolute Gasteiger partial charge is 0.278 e. The van der Waals surface area contributed by atoms with Crippen molar-refractivity contribution < 1.29 is 22.8 Å². The van der Waals surface area contributed by atoms with Crippen molar-refractivity contribution in [1.29, 1.82) is 0 Å². The second-order valence-electron chi connectivity index (χ2n) is 6.94. The van der Waals surface area contributed by atoms with Crippen LogP contribution in [0.3, 0.4) is 0 Å². The number of amides is 1. The maximum absolute atomic E-state index is 13.8. The fourth-order valence-electron chi connectivity index (χ4n) is 2.96. The molecule has 1 N–H and O–H groups in total. The van der Waals surface area contributed by atoms with Gasteiger partial charge in [0.2, 0.25) is 0 Å². The van der Waals surface area contributed by atoms with Gasteiger partial charge in [-0.05, 0) is 36.8 Å². The van der Waals surface area contributed by atoms with Crippen LogP contribution in [0.15, 0.2) is 59.4 Å². The van der Waals surface area contributed by atoms with Crippen LogP contribution in [-0.4, -0.2) is 20.8 Å². The molecule has 7 nitrogen and oxygen atoms in total. The van der Waals surface area contributed by atoms with E-state index in [1.807, 2.05) is 12.1 Å². The maximum Gasteiger partial charge on any atom is 0.278 e. The van der Waals surface area contributed by atoms with E-state index >= 15 is 0 Å². The third-order valence-electron chi connectivity index (χ3n) is 4.61. The number of hydrogen-bond acceptors (Lipinski definition) is 5. The summed E-state index contributed by atoms with van der Waals surface area (Å²) in [5, 5.41) is 11.4. The van der Waals surface area contributed by atoms with Crippen LogP contribution in [0.25, 0.3) is 0 Å². The zero-order chi connectivity index (χ0) is 22.7. The van der Waals surface area contributed by atoms with Crippen LogP contribution in [0.5, 0.6) is 5.75 Å². The molecule has 0 bridgehead atoms. The number of aromatic nitrogens is 3. The molecule has 0 spiro atoms. The molecular formula is C22H17ClF2N4O3. The van der Waals surface area contributed by atoms with Crippen molar-refractivity contribution in [3.8, 4) is 5.75 Å². The topological polar surface area (TPSA) is 82.2 Å². The highest BCUT2D eigenvalue weighted by Gasteiger charge is 2.21. The zero-order valence-corrected chi connectivity index (χ0v) is 17.6. The molecule has 1 amide bonds. The summed E-state index contributed by atoms with van der Waals surface area (Å²) in [7, 11) is 0. The Morgan fingerprint density at radius 2 is 2.00 bits per heavy atom. The van der Waals surface area contributed by atoms with E-state index in [9.17, 15) is 13.6 Å². The van der Waals surface area contributed by atoms with E-state index in [0.29, 0.717) is 34.6 Å². The number of carbonyl (C=O) groups is 1. The summed E-state index contributed by atoms with van der Waals surface area (Å²) in [5.74, 6) is -1.91. The van der Waals surface area contributed by atoms with Crippen molar-refractivity contribution in [2.24, 2.45) is 0 Å². The first-order chi connectivity index (χ1) is 15.4. The number of nitrogens with one attached hydrogen (secondary N) is 1. The molecule has 0 fully saturated rings. The van der Waals surface area contributed by atoms with Gasteiger partial charge in [0.1, 0.15) is 18.2 Å². The Labute approximate surface area is 186 Å². The molecule has 0 atom stereocenters. The molecule has 0 aliphatic heterocycles. The van der Waals surface area contributed by atoms with Crippen LogP contribution < -0.4 is 10.1 Å². The van der Waals surface area contributed by atoms with Gasteiger partial charge in [0.15, 0.2) is 17.3 Å². The minimum atomic E-state index is -0.849. The highest BCUT2D eigenvalue weighted by Crippen LogP contribution is 2.22. The minimum Gasteiger partial charge on any atom is -0.486 e. The monoisotopic (exact) mass is 458 g/mol. The number of nitrogens with zero attached hydrogens (tertiary/aromatic N) is 3. The molecule has 0 saturated heterocycles. The Hall–Kier alpha value is -3.72. The average Bonchev–Trinajstić information content (AvgIpc) is 3.35. The first-order valence-electron chi connectivity index (χ1n) is 9.50. The van der Waals surface area contributed by atoms with Gasteiger partial charge in [-0.25, -0.2) is 8.78 Å². The highest BCUT2D eigenvalue weighted by atomic mass is 35.5. The number of rotatable bonds is 7. The third kappa shape index (κ3) is 4.94. The lowest BCUT2D eigenvalue weighted by atomic mass is 10.2. The van der Waals surface area contributed by atoms with Gasteiger partial charge in [-0.15, -0.1) is 0 Å². The van der Waals surface area contributed by atoms with Crippen molar-refractivity contribution in [3.05, 3.63) is 94.1 Å².